The molecular weight excluding hydrogens is 436 g/mol. The fourth-order valence-corrected chi connectivity index (χ4v) is 4.59. The van der Waals surface area contributed by atoms with Gasteiger partial charge in [-0.05, 0) is 24.3 Å². The van der Waals surface area contributed by atoms with E-state index >= 15 is 0 Å². The number of para-hydroxylation sites is 1. The van der Waals surface area contributed by atoms with Gasteiger partial charge < -0.3 is 28.8 Å². The maximum absolute atomic E-state index is 13.1. The van der Waals surface area contributed by atoms with E-state index in [2.05, 4.69) is 5.32 Å². The normalized spacial score (nSPS) is 17.4. The van der Waals surface area contributed by atoms with Crippen LogP contribution in [0.5, 0.6) is 17.2 Å². The highest BCUT2D eigenvalue weighted by Crippen LogP contribution is 2.38. The molecule has 1 aromatic heterocycles. The molecule has 0 spiro atoms. The first-order valence-corrected chi connectivity index (χ1v) is 11.1. The van der Waals surface area contributed by atoms with Crippen molar-refractivity contribution < 1.29 is 28.2 Å². The molecule has 1 N–H and O–H groups in total. The van der Waals surface area contributed by atoms with Crippen LogP contribution in [0.15, 0.2) is 59.0 Å². The van der Waals surface area contributed by atoms with Crippen molar-refractivity contribution in [3.8, 4) is 17.2 Å². The zero-order valence-electron chi connectivity index (χ0n) is 18.5. The van der Waals surface area contributed by atoms with Crippen LogP contribution in [0.1, 0.15) is 6.42 Å². The van der Waals surface area contributed by atoms with Gasteiger partial charge in [0.2, 0.25) is 11.8 Å². The molecule has 1 fully saturated rings. The highest BCUT2D eigenvalue weighted by molar-refractivity contribution is 6.09. The summed E-state index contributed by atoms with van der Waals surface area (Å²) in [6, 6.07) is 16.7. The number of rotatable bonds is 4. The number of ether oxygens (including phenoxy) is 3. The Hall–Kier alpha value is -4.20. The topological polar surface area (TPSA) is 90.2 Å². The Bertz CT molecular complexity index is 1440. The lowest BCUT2D eigenvalue weighted by Gasteiger charge is -2.22. The minimum atomic E-state index is -0.503. The summed E-state index contributed by atoms with van der Waals surface area (Å²) in [7, 11) is 1.56. The molecule has 34 heavy (non-hydrogen) atoms. The first-order chi connectivity index (χ1) is 16.6. The molecule has 6 rings (SSSR count). The molecular formula is C26H22N2O6. The van der Waals surface area contributed by atoms with Crippen LogP contribution in [-0.2, 0) is 9.59 Å². The number of nitrogens with one attached hydrogen (secondary N) is 1. The van der Waals surface area contributed by atoms with E-state index in [4.69, 9.17) is 18.6 Å². The van der Waals surface area contributed by atoms with Gasteiger partial charge in [0.1, 0.15) is 30.1 Å². The first kappa shape index (κ1) is 20.4. The fourth-order valence-electron chi connectivity index (χ4n) is 4.59. The number of fused-ring (bicyclic) bond motifs is 4. The van der Waals surface area contributed by atoms with Crippen molar-refractivity contribution >= 4 is 45.1 Å². The van der Waals surface area contributed by atoms with Crippen LogP contribution in [0, 0.1) is 5.92 Å². The van der Waals surface area contributed by atoms with E-state index in [1.54, 1.807) is 30.2 Å². The summed E-state index contributed by atoms with van der Waals surface area (Å²) in [5.41, 5.74) is 2.60. The van der Waals surface area contributed by atoms with Gasteiger partial charge in [0.15, 0.2) is 11.5 Å². The fraction of sp³-hybridized carbons (Fsp3) is 0.231. The summed E-state index contributed by atoms with van der Waals surface area (Å²) < 4.78 is 22.7. The molecule has 2 aliphatic heterocycles. The van der Waals surface area contributed by atoms with Crippen LogP contribution in [0.25, 0.3) is 21.9 Å². The van der Waals surface area contributed by atoms with Crippen molar-refractivity contribution in [1.82, 2.24) is 0 Å². The molecule has 0 saturated carbocycles. The monoisotopic (exact) mass is 458 g/mol. The maximum Gasteiger partial charge on any atom is 0.229 e. The molecule has 2 aliphatic rings. The lowest BCUT2D eigenvalue weighted by Crippen LogP contribution is -2.28. The second kappa shape index (κ2) is 7.98. The van der Waals surface area contributed by atoms with Gasteiger partial charge in [-0.1, -0.05) is 18.2 Å². The molecule has 8 nitrogen and oxygen atoms in total. The van der Waals surface area contributed by atoms with Gasteiger partial charge >= 0.3 is 0 Å². The van der Waals surface area contributed by atoms with Gasteiger partial charge in [-0.3, -0.25) is 9.59 Å². The van der Waals surface area contributed by atoms with Gasteiger partial charge in [0.25, 0.3) is 0 Å². The van der Waals surface area contributed by atoms with Crippen LogP contribution in [0.2, 0.25) is 0 Å². The number of hydrogen-bond acceptors (Lipinski definition) is 6. The SMILES string of the molecule is COc1cc2c(cc1NC(=O)C1CC(=O)N(c3ccc4c(c3)OCCO4)C1)oc1ccccc12. The minimum absolute atomic E-state index is 0.114. The van der Waals surface area contributed by atoms with Crippen LogP contribution < -0.4 is 24.4 Å². The minimum Gasteiger partial charge on any atom is -0.495 e. The van der Waals surface area contributed by atoms with E-state index in [0.29, 0.717) is 47.4 Å². The van der Waals surface area contributed by atoms with E-state index < -0.39 is 5.92 Å². The number of amides is 2. The predicted octanol–water partition coefficient (Wildman–Crippen LogP) is 4.36. The molecule has 1 atom stereocenters. The Kier molecular flexibility index (Phi) is 4.79. The second-order valence-corrected chi connectivity index (χ2v) is 8.37. The lowest BCUT2D eigenvalue weighted by molar-refractivity contribution is -0.122. The summed E-state index contributed by atoms with van der Waals surface area (Å²) in [4.78, 5) is 27.5. The Labute approximate surface area is 195 Å². The summed E-state index contributed by atoms with van der Waals surface area (Å²) in [5, 5.41) is 4.82. The molecule has 0 radical (unpaired) electrons. The van der Waals surface area contributed by atoms with Crippen molar-refractivity contribution in [3.63, 3.8) is 0 Å². The first-order valence-electron chi connectivity index (χ1n) is 11.1. The lowest BCUT2D eigenvalue weighted by atomic mass is 10.1. The van der Waals surface area contributed by atoms with Crippen molar-refractivity contribution in [3.05, 3.63) is 54.6 Å². The highest BCUT2D eigenvalue weighted by Gasteiger charge is 2.36. The average Bonchev–Trinajstić information content (AvgIpc) is 3.43. The Balaban J connectivity index is 1.24. The smallest absolute Gasteiger partial charge is 0.229 e. The van der Waals surface area contributed by atoms with Gasteiger partial charge in [-0.25, -0.2) is 0 Å². The van der Waals surface area contributed by atoms with Crippen LogP contribution >= 0.6 is 0 Å². The van der Waals surface area contributed by atoms with E-state index in [0.717, 1.165) is 16.4 Å². The number of furan rings is 1. The van der Waals surface area contributed by atoms with E-state index in [1.165, 1.54) is 0 Å². The van der Waals surface area contributed by atoms with E-state index in [-0.39, 0.29) is 24.8 Å². The molecule has 0 bridgehead atoms. The largest absolute Gasteiger partial charge is 0.495 e. The van der Waals surface area contributed by atoms with Crippen LogP contribution in [0.3, 0.4) is 0 Å². The van der Waals surface area contributed by atoms with Crippen LogP contribution in [0.4, 0.5) is 11.4 Å². The molecule has 2 amide bonds. The van der Waals surface area contributed by atoms with Gasteiger partial charge in [-0.15, -0.1) is 0 Å². The number of carbonyl (C=O) groups excluding carboxylic acids is 2. The number of carbonyl (C=O) groups is 2. The molecule has 172 valence electrons. The number of hydrogen-bond donors (Lipinski definition) is 1. The number of benzene rings is 3. The number of methoxy groups -OCH3 is 1. The average molecular weight is 458 g/mol. The van der Waals surface area contributed by atoms with Gasteiger partial charge in [0.05, 0.1) is 18.7 Å². The van der Waals surface area contributed by atoms with Crippen molar-refractivity contribution in [2.24, 2.45) is 5.92 Å². The maximum atomic E-state index is 13.1. The zero-order valence-corrected chi connectivity index (χ0v) is 18.5. The molecule has 8 heteroatoms. The Morgan fingerprint density at radius 1 is 1.00 bits per heavy atom. The van der Waals surface area contributed by atoms with Gasteiger partial charge in [0, 0.05) is 41.6 Å². The third-order valence-electron chi connectivity index (χ3n) is 6.29. The Morgan fingerprint density at radius 3 is 2.68 bits per heavy atom. The number of anilines is 2. The standard InChI is InChI=1S/C26H22N2O6/c1-31-23-12-18-17-4-2-3-5-20(17)34-22(18)13-19(23)27-26(30)15-10-25(29)28(14-15)16-6-7-21-24(11-16)33-9-8-32-21/h2-7,11-13,15H,8-10,14H2,1H3,(H,27,30). The zero-order chi connectivity index (χ0) is 23.2. The Morgan fingerprint density at radius 2 is 1.82 bits per heavy atom. The second-order valence-electron chi connectivity index (χ2n) is 8.37. The van der Waals surface area contributed by atoms with Crippen LogP contribution in [-0.4, -0.2) is 38.7 Å². The third kappa shape index (κ3) is 3.39. The molecule has 1 saturated heterocycles. The van der Waals surface area contributed by atoms with Crippen molar-refractivity contribution in [2.45, 2.75) is 6.42 Å². The quantitative estimate of drug-likeness (QED) is 0.489. The van der Waals surface area contributed by atoms with Gasteiger partial charge in [-0.2, -0.15) is 0 Å². The van der Waals surface area contributed by atoms with Crippen molar-refractivity contribution in [2.75, 3.05) is 37.1 Å². The third-order valence-corrected chi connectivity index (χ3v) is 6.29. The summed E-state index contributed by atoms with van der Waals surface area (Å²) in [6.07, 6.45) is 0.121. The highest BCUT2D eigenvalue weighted by atomic mass is 16.6. The summed E-state index contributed by atoms with van der Waals surface area (Å²) in [5.74, 6) is 0.924. The van der Waals surface area contributed by atoms with Crippen molar-refractivity contribution in [1.29, 1.82) is 0 Å². The number of nitrogens with zero attached hydrogens (tertiary/aromatic N) is 1. The molecule has 4 aromatic rings. The van der Waals surface area contributed by atoms with E-state index in [1.807, 2.05) is 36.4 Å². The summed E-state index contributed by atoms with van der Waals surface area (Å²) >= 11 is 0. The molecule has 1 unspecified atom stereocenters. The molecule has 3 aromatic carbocycles. The summed E-state index contributed by atoms with van der Waals surface area (Å²) in [6.45, 7) is 1.24. The molecule has 3 heterocycles. The van der Waals surface area contributed by atoms with E-state index in [9.17, 15) is 9.59 Å². The predicted molar refractivity (Wildman–Crippen MR) is 127 cm³/mol. The molecule has 0 aliphatic carbocycles.